The largest absolute Gasteiger partial charge is 0.481 e. The van der Waals surface area contributed by atoms with Gasteiger partial charge in [0.25, 0.3) is 0 Å². The molecule has 1 aromatic carbocycles. The van der Waals surface area contributed by atoms with E-state index in [1.54, 1.807) is 4.57 Å². The van der Waals surface area contributed by atoms with Crippen LogP contribution in [0.5, 0.6) is 0 Å². The maximum atomic E-state index is 12.6. The molecule has 1 aromatic heterocycles. The molecule has 0 saturated carbocycles. The van der Waals surface area contributed by atoms with Crippen LogP contribution in [0.15, 0.2) is 29.1 Å². The molecule has 7 heteroatoms. The van der Waals surface area contributed by atoms with Crippen molar-refractivity contribution in [3.8, 4) is 0 Å². The van der Waals surface area contributed by atoms with Crippen LogP contribution in [0.4, 0.5) is 0 Å². The van der Waals surface area contributed by atoms with Crippen molar-refractivity contribution in [3.05, 3.63) is 34.7 Å². The summed E-state index contributed by atoms with van der Waals surface area (Å²) in [5.41, 5.74) is 1.27. The third-order valence-corrected chi connectivity index (χ3v) is 4.04. The van der Waals surface area contributed by atoms with Crippen LogP contribution in [0, 0.1) is 0 Å². The fourth-order valence-corrected chi connectivity index (χ4v) is 2.84. The maximum absolute atomic E-state index is 12.6. The summed E-state index contributed by atoms with van der Waals surface area (Å²) in [7, 11) is 0. The van der Waals surface area contributed by atoms with Gasteiger partial charge in [-0.1, -0.05) is 12.1 Å². The number of aromatic nitrogens is 2. The first kappa shape index (κ1) is 17.8. The smallest absolute Gasteiger partial charge is 0.329 e. The second kappa shape index (κ2) is 7.33. The van der Waals surface area contributed by atoms with Crippen LogP contribution in [0.3, 0.4) is 0 Å². The highest BCUT2D eigenvalue weighted by molar-refractivity contribution is 5.81. The predicted octanol–water partition coefficient (Wildman–Crippen LogP) is 1.53. The molecule has 0 aliphatic heterocycles. The summed E-state index contributed by atoms with van der Waals surface area (Å²) in [5, 5.41) is 8.84. The summed E-state index contributed by atoms with van der Waals surface area (Å²) in [6.45, 7) is 6.10. The maximum Gasteiger partial charge on any atom is 0.329 e. The molecule has 0 fully saturated rings. The van der Waals surface area contributed by atoms with Crippen molar-refractivity contribution < 1.29 is 14.7 Å². The van der Waals surface area contributed by atoms with Gasteiger partial charge in [0, 0.05) is 19.1 Å². The molecule has 1 amide bonds. The monoisotopic (exact) mass is 333 g/mol. The standard InChI is InChI=1S/C17H23N3O4/c1-4-18-13-7-5-6-8-14(13)20(17(18)24)11-15(21)19(12(2)3)10-9-16(22)23/h5-8,12H,4,9-11H2,1-3H3,(H,22,23). The lowest BCUT2D eigenvalue weighted by Crippen LogP contribution is -2.42. The van der Waals surface area contributed by atoms with E-state index < -0.39 is 5.97 Å². The van der Waals surface area contributed by atoms with E-state index in [1.807, 2.05) is 45.0 Å². The van der Waals surface area contributed by atoms with Crippen molar-refractivity contribution in [1.82, 2.24) is 14.0 Å². The molecule has 130 valence electrons. The molecule has 0 aliphatic carbocycles. The van der Waals surface area contributed by atoms with E-state index in [1.165, 1.54) is 9.47 Å². The molecule has 0 radical (unpaired) electrons. The molecule has 7 nitrogen and oxygen atoms in total. The number of carbonyl (C=O) groups is 2. The zero-order valence-electron chi connectivity index (χ0n) is 14.2. The fraction of sp³-hybridized carbons (Fsp3) is 0.471. The average Bonchev–Trinajstić information content (AvgIpc) is 2.79. The minimum atomic E-state index is -0.951. The predicted molar refractivity (Wildman–Crippen MR) is 91.0 cm³/mol. The summed E-state index contributed by atoms with van der Waals surface area (Å²) in [6.07, 6.45) is -0.116. The first-order valence-electron chi connectivity index (χ1n) is 8.06. The second-order valence-electron chi connectivity index (χ2n) is 5.93. The van der Waals surface area contributed by atoms with Crippen molar-refractivity contribution in [1.29, 1.82) is 0 Å². The molecule has 0 saturated heterocycles. The molecule has 24 heavy (non-hydrogen) atoms. The van der Waals surface area contributed by atoms with E-state index in [4.69, 9.17) is 5.11 Å². The van der Waals surface area contributed by atoms with Gasteiger partial charge in [-0.15, -0.1) is 0 Å². The molecule has 0 aliphatic rings. The Morgan fingerprint density at radius 2 is 1.75 bits per heavy atom. The average molecular weight is 333 g/mol. The van der Waals surface area contributed by atoms with E-state index in [0.717, 1.165) is 5.52 Å². The Hall–Kier alpha value is -2.57. The lowest BCUT2D eigenvalue weighted by molar-refractivity contribution is -0.139. The normalized spacial score (nSPS) is 11.2. The molecule has 0 unspecified atom stereocenters. The van der Waals surface area contributed by atoms with E-state index in [0.29, 0.717) is 12.1 Å². The number of amides is 1. The Balaban J connectivity index is 2.34. The Morgan fingerprint density at radius 1 is 1.17 bits per heavy atom. The number of hydrogen-bond donors (Lipinski definition) is 1. The number of hydrogen-bond acceptors (Lipinski definition) is 3. The van der Waals surface area contributed by atoms with Crippen molar-refractivity contribution in [2.45, 2.75) is 46.3 Å². The minimum absolute atomic E-state index is 0.0931. The van der Waals surface area contributed by atoms with Gasteiger partial charge in [-0.25, -0.2) is 4.79 Å². The highest BCUT2D eigenvalue weighted by Crippen LogP contribution is 2.13. The van der Waals surface area contributed by atoms with E-state index >= 15 is 0 Å². The third-order valence-electron chi connectivity index (χ3n) is 4.04. The molecule has 2 rings (SSSR count). The van der Waals surface area contributed by atoms with Gasteiger partial charge in [-0.3, -0.25) is 18.7 Å². The van der Waals surface area contributed by atoms with Crippen LogP contribution in [0.1, 0.15) is 27.2 Å². The van der Waals surface area contributed by atoms with E-state index in [2.05, 4.69) is 0 Å². The first-order chi connectivity index (χ1) is 11.4. The fourth-order valence-electron chi connectivity index (χ4n) is 2.84. The van der Waals surface area contributed by atoms with Crippen LogP contribution in [0.2, 0.25) is 0 Å². The Morgan fingerprint density at radius 3 is 2.25 bits per heavy atom. The number of carbonyl (C=O) groups excluding carboxylic acids is 1. The summed E-state index contributed by atoms with van der Waals surface area (Å²) in [6, 6.07) is 7.21. The molecule has 0 bridgehead atoms. The van der Waals surface area contributed by atoms with E-state index in [9.17, 15) is 14.4 Å². The molecule has 1 heterocycles. The molecular formula is C17H23N3O4. The van der Waals surface area contributed by atoms with Crippen molar-refractivity contribution >= 4 is 22.9 Å². The Labute approximate surface area is 140 Å². The van der Waals surface area contributed by atoms with Gasteiger partial charge >= 0.3 is 11.7 Å². The van der Waals surface area contributed by atoms with Gasteiger partial charge < -0.3 is 10.0 Å². The summed E-state index contributed by atoms with van der Waals surface area (Å²) < 4.78 is 3.08. The highest BCUT2D eigenvalue weighted by atomic mass is 16.4. The molecule has 0 spiro atoms. The quantitative estimate of drug-likeness (QED) is 0.833. The van der Waals surface area contributed by atoms with Gasteiger partial charge in [-0.2, -0.15) is 0 Å². The number of carboxylic acid groups (broad SMARTS) is 1. The van der Waals surface area contributed by atoms with Crippen molar-refractivity contribution in [3.63, 3.8) is 0 Å². The number of carboxylic acids is 1. The number of imidazole rings is 1. The third kappa shape index (κ3) is 3.50. The number of nitrogens with zero attached hydrogens (tertiary/aromatic N) is 3. The van der Waals surface area contributed by atoms with Gasteiger partial charge in [0.1, 0.15) is 6.54 Å². The van der Waals surface area contributed by atoms with E-state index in [-0.39, 0.29) is 37.1 Å². The second-order valence-corrected chi connectivity index (χ2v) is 5.93. The van der Waals surface area contributed by atoms with Gasteiger partial charge in [0.15, 0.2) is 0 Å². The number of para-hydroxylation sites is 2. The van der Waals surface area contributed by atoms with Crippen LogP contribution in [0.25, 0.3) is 11.0 Å². The Kier molecular flexibility index (Phi) is 5.43. The molecule has 2 aromatic rings. The number of benzene rings is 1. The van der Waals surface area contributed by atoms with Gasteiger partial charge in [0.05, 0.1) is 17.5 Å². The Bertz CT molecular complexity index is 804. The van der Waals surface area contributed by atoms with Crippen LogP contribution < -0.4 is 5.69 Å². The van der Waals surface area contributed by atoms with Gasteiger partial charge in [-0.05, 0) is 32.9 Å². The van der Waals surface area contributed by atoms with Crippen LogP contribution in [-0.4, -0.2) is 43.6 Å². The first-order valence-corrected chi connectivity index (χ1v) is 8.06. The van der Waals surface area contributed by atoms with Gasteiger partial charge in [0.2, 0.25) is 5.91 Å². The topological polar surface area (TPSA) is 84.5 Å². The number of rotatable bonds is 7. The van der Waals surface area contributed by atoms with Crippen LogP contribution >= 0.6 is 0 Å². The lowest BCUT2D eigenvalue weighted by atomic mass is 10.2. The van der Waals surface area contributed by atoms with Crippen LogP contribution in [-0.2, 0) is 22.7 Å². The van der Waals surface area contributed by atoms with Crippen molar-refractivity contribution in [2.75, 3.05) is 6.54 Å². The molecule has 0 atom stereocenters. The highest BCUT2D eigenvalue weighted by Gasteiger charge is 2.21. The number of aryl methyl sites for hydroxylation is 1. The minimum Gasteiger partial charge on any atom is -0.481 e. The summed E-state index contributed by atoms with van der Waals surface area (Å²) >= 11 is 0. The molecular weight excluding hydrogens is 310 g/mol. The molecule has 1 N–H and O–H groups in total. The lowest BCUT2D eigenvalue weighted by Gasteiger charge is -2.26. The number of aliphatic carboxylic acids is 1. The summed E-state index contributed by atoms with van der Waals surface area (Å²) in [5.74, 6) is -1.21. The SMILES string of the molecule is CCn1c(=O)n(CC(=O)N(CCC(=O)O)C(C)C)c2ccccc21. The van der Waals surface area contributed by atoms with Crippen molar-refractivity contribution in [2.24, 2.45) is 0 Å². The summed E-state index contributed by atoms with van der Waals surface area (Å²) in [4.78, 5) is 37.5. The zero-order valence-corrected chi connectivity index (χ0v) is 14.2. The number of fused-ring (bicyclic) bond motifs is 1. The zero-order chi connectivity index (χ0) is 17.9.